The lowest BCUT2D eigenvalue weighted by molar-refractivity contribution is -0.0934. The molecule has 4 aliphatic heterocycles. The Balaban J connectivity index is 1.50. The molecule has 5 aliphatic rings. The van der Waals surface area contributed by atoms with E-state index < -0.39 is 11.3 Å². The maximum atomic E-state index is 14.8. The normalized spacial score (nSPS) is 25.6. The summed E-state index contributed by atoms with van der Waals surface area (Å²) in [6, 6.07) is 24.0. The quantitative estimate of drug-likeness (QED) is 0.361. The monoisotopic (exact) mass is 498 g/mol. The number of nitrogens with zero attached hydrogens (tertiary/aromatic N) is 6. The van der Waals surface area contributed by atoms with Gasteiger partial charge in [0.2, 0.25) is 0 Å². The number of benzene rings is 2. The Hall–Kier alpha value is -4.72. The van der Waals surface area contributed by atoms with Crippen molar-refractivity contribution in [3.8, 4) is 11.4 Å². The molecule has 2 aromatic heterocycles. The number of amides is 4. The van der Waals surface area contributed by atoms with Crippen molar-refractivity contribution in [1.29, 1.82) is 0 Å². The molecule has 9 rings (SSSR count). The van der Waals surface area contributed by atoms with Crippen LogP contribution >= 0.6 is 0 Å². The van der Waals surface area contributed by atoms with Crippen molar-refractivity contribution in [2.75, 3.05) is 0 Å². The van der Waals surface area contributed by atoms with Gasteiger partial charge in [-0.2, -0.15) is 0 Å². The van der Waals surface area contributed by atoms with E-state index in [4.69, 9.17) is 9.97 Å². The van der Waals surface area contributed by atoms with Crippen molar-refractivity contribution >= 4 is 12.1 Å². The summed E-state index contributed by atoms with van der Waals surface area (Å²) in [5, 5.41) is 0. The molecule has 38 heavy (non-hydrogen) atoms. The highest BCUT2D eigenvalue weighted by Gasteiger charge is 2.82. The predicted octanol–water partition coefficient (Wildman–Crippen LogP) is 4.37. The summed E-state index contributed by atoms with van der Waals surface area (Å²) in [7, 11) is 0. The van der Waals surface area contributed by atoms with Crippen LogP contribution in [0.5, 0.6) is 0 Å². The number of hydrogen-bond acceptors (Lipinski definition) is 4. The van der Waals surface area contributed by atoms with Gasteiger partial charge in [0.25, 0.3) is 0 Å². The van der Waals surface area contributed by atoms with Crippen molar-refractivity contribution in [3.05, 3.63) is 119 Å². The van der Waals surface area contributed by atoms with Crippen molar-refractivity contribution < 1.29 is 9.59 Å². The molecule has 0 N–H and O–H groups in total. The number of hydrogen-bond donors (Lipinski definition) is 0. The van der Waals surface area contributed by atoms with Crippen molar-refractivity contribution in [1.82, 2.24) is 29.6 Å². The van der Waals surface area contributed by atoms with Gasteiger partial charge in [-0.15, -0.1) is 0 Å². The molecule has 0 saturated carbocycles. The fourth-order valence-electron chi connectivity index (χ4n) is 7.74. The second-order valence-electron chi connectivity index (χ2n) is 10.6. The number of aromatic nitrogens is 2. The second kappa shape index (κ2) is 6.58. The molecule has 0 radical (unpaired) electrons. The van der Waals surface area contributed by atoms with Gasteiger partial charge in [0.05, 0.1) is 37.6 Å². The third-order valence-electron chi connectivity index (χ3n) is 9.11. The van der Waals surface area contributed by atoms with E-state index in [1.807, 2.05) is 68.1 Å². The lowest BCUT2D eigenvalue weighted by atomic mass is 9.71. The van der Waals surface area contributed by atoms with Crippen LogP contribution in [0.4, 0.5) is 9.59 Å². The lowest BCUT2D eigenvalue weighted by Crippen LogP contribution is -2.66. The topological polar surface area (TPSA) is 72.9 Å². The predicted molar refractivity (Wildman–Crippen MR) is 137 cm³/mol. The first-order valence-electron chi connectivity index (χ1n) is 12.9. The Morgan fingerprint density at radius 3 is 1.18 bits per heavy atom. The second-order valence-corrected chi connectivity index (χ2v) is 10.6. The molecular formula is C30H22N6O2. The van der Waals surface area contributed by atoms with Gasteiger partial charge in [-0.05, 0) is 34.4 Å². The van der Waals surface area contributed by atoms with Crippen LogP contribution in [-0.2, 0) is 37.5 Å². The molecule has 2 fully saturated rings. The van der Waals surface area contributed by atoms with Gasteiger partial charge in [-0.25, -0.2) is 9.59 Å². The Morgan fingerprint density at radius 1 is 0.500 bits per heavy atom. The molecule has 0 unspecified atom stereocenters. The van der Waals surface area contributed by atoms with E-state index in [1.165, 1.54) is 0 Å². The van der Waals surface area contributed by atoms with Crippen molar-refractivity contribution in [3.63, 3.8) is 0 Å². The Labute approximate surface area is 218 Å². The van der Waals surface area contributed by atoms with E-state index in [1.54, 1.807) is 12.4 Å². The number of carbonyl (C=O) groups is 2. The minimum absolute atomic E-state index is 0.0904. The number of fused-ring (bicyclic) bond motifs is 5. The minimum Gasteiger partial charge on any atom is -0.288 e. The van der Waals surface area contributed by atoms with E-state index in [-0.39, 0.29) is 12.1 Å². The molecule has 4 aromatic rings. The summed E-state index contributed by atoms with van der Waals surface area (Å²) in [5.41, 5.74) is 5.12. The maximum Gasteiger partial charge on any atom is 0.325 e. The van der Waals surface area contributed by atoms with E-state index >= 15 is 0 Å². The zero-order valence-corrected chi connectivity index (χ0v) is 20.4. The highest BCUT2D eigenvalue weighted by atomic mass is 16.2. The third kappa shape index (κ3) is 1.98. The number of rotatable bonds is 0. The zero-order chi connectivity index (χ0) is 25.2. The van der Waals surface area contributed by atoms with Gasteiger partial charge < -0.3 is 0 Å². The van der Waals surface area contributed by atoms with Gasteiger partial charge >= 0.3 is 12.1 Å². The van der Waals surface area contributed by atoms with Crippen molar-refractivity contribution in [2.45, 2.75) is 37.5 Å². The van der Waals surface area contributed by atoms with Crippen LogP contribution in [0.25, 0.3) is 11.4 Å². The maximum absolute atomic E-state index is 14.8. The molecule has 6 bridgehead atoms. The molecule has 4 amide bonds. The first kappa shape index (κ1) is 20.4. The summed E-state index contributed by atoms with van der Waals surface area (Å²) in [6.45, 7) is 1.58. The van der Waals surface area contributed by atoms with Gasteiger partial charge in [0.15, 0.2) is 11.3 Å². The van der Waals surface area contributed by atoms with Crippen LogP contribution in [0.3, 0.4) is 0 Å². The van der Waals surface area contributed by atoms with Crippen LogP contribution in [0.2, 0.25) is 0 Å². The van der Waals surface area contributed by atoms with Gasteiger partial charge in [0.1, 0.15) is 0 Å². The minimum atomic E-state index is -1.11. The van der Waals surface area contributed by atoms with Crippen LogP contribution < -0.4 is 0 Å². The molecule has 184 valence electrons. The molecule has 1 aliphatic carbocycles. The Morgan fingerprint density at radius 2 is 0.842 bits per heavy atom. The van der Waals surface area contributed by atoms with Crippen LogP contribution in [0.15, 0.2) is 85.2 Å². The highest BCUT2D eigenvalue weighted by Crippen LogP contribution is 2.68. The highest BCUT2D eigenvalue weighted by molar-refractivity contribution is 5.94. The molecular weight excluding hydrogens is 476 g/mol. The van der Waals surface area contributed by atoms with Crippen molar-refractivity contribution in [2.24, 2.45) is 0 Å². The van der Waals surface area contributed by atoms with E-state index in [0.717, 1.165) is 44.8 Å². The zero-order valence-electron chi connectivity index (χ0n) is 20.4. The fourth-order valence-corrected chi connectivity index (χ4v) is 7.74. The first-order valence-corrected chi connectivity index (χ1v) is 12.9. The van der Waals surface area contributed by atoms with E-state index in [2.05, 4.69) is 24.3 Å². The first-order chi connectivity index (χ1) is 18.7. The number of pyridine rings is 2. The summed E-state index contributed by atoms with van der Waals surface area (Å²) < 4.78 is 0. The average molecular weight is 499 g/mol. The standard InChI is InChI=1S/C30H22N6O2/c37-27-33-15-19-7-1-2-8-20(19)16-34-28(38)36-18-22-10-4-3-9-21(22)17-35(27)30(34)24-12-6-14-32-26(24)25-23(29(30,33)36)11-5-13-31-25/h1-14H,15-18H2. The number of carbonyl (C=O) groups excluding carboxylic acids is 2. The molecule has 0 atom stereocenters. The molecule has 6 heterocycles. The van der Waals surface area contributed by atoms with E-state index in [9.17, 15) is 9.59 Å². The summed E-state index contributed by atoms with van der Waals surface area (Å²) in [4.78, 5) is 47.0. The SMILES string of the molecule is O=C1N2Cc3ccccc3CN3C(=O)N4Cc5ccccc5CN1C31c3cccnc3-c3ncccc3C241. The molecule has 2 aromatic carbocycles. The van der Waals surface area contributed by atoms with Gasteiger partial charge in [-0.1, -0.05) is 60.7 Å². The van der Waals surface area contributed by atoms with E-state index in [0.29, 0.717) is 26.2 Å². The molecule has 8 heteroatoms. The molecule has 2 saturated heterocycles. The Bertz CT molecular complexity index is 1540. The Kier molecular flexibility index (Phi) is 3.52. The number of urea groups is 2. The van der Waals surface area contributed by atoms with Gasteiger partial charge in [0, 0.05) is 23.5 Å². The van der Waals surface area contributed by atoms with Crippen LogP contribution in [0, 0.1) is 0 Å². The average Bonchev–Trinajstić information content (AvgIpc) is 3.34. The summed E-state index contributed by atoms with van der Waals surface area (Å²) in [6.07, 6.45) is 3.53. The van der Waals surface area contributed by atoms with Crippen LogP contribution in [-0.4, -0.2) is 41.6 Å². The largest absolute Gasteiger partial charge is 0.325 e. The third-order valence-corrected chi connectivity index (χ3v) is 9.11. The summed E-state index contributed by atoms with van der Waals surface area (Å²) >= 11 is 0. The molecule has 8 nitrogen and oxygen atoms in total. The van der Waals surface area contributed by atoms with Crippen LogP contribution in [0.1, 0.15) is 33.4 Å². The molecule has 0 spiro atoms. The fraction of sp³-hybridized carbons (Fsp3) is 0.200. The lowest BCUT2D eigenvalue weighted by Gasteiger charge is -2.54. The van der Waals surface area contributed by atoms with Gasteiger partial charge in [-0.3, -0.25) is 29.6 Å². The smallest absolute Gasteiger partial charge is 0.288 e. The summed E-state index contributed by atoms with van der Waals surface area (Å²) in [5.74, 6) is 0.